The molecular formula is C14H27NO3. The van der Waals surface area contributed by atoms with Crippen molar-refractivity contribution in [1.82, 2.24) is 5.32 Å². The Bertz CT molecular complexity index is 272. The molecule has 0 saturated carbocycles. The number of unbranched alkanes of at least 4 members (excludes halogenated alkanes) is 1. The van der Waals surface area contributed by atoms with Crippen LogP contribution in [-0.4, -0.2) is 23.5 Å². The highest BCUT2D eigenvalue weighted by molar-refractivity contribution is 5.75. The maximum atomic E-state index is 11.6. The summed E-state index contributed by atoms with van der Waals surface area (Å²) < 4.78 is 0. The van der Waals surface area contributed by atoms with Gasteiger partial charge in [0.15, 0.2) is 0 Å². The first-order valence-electron chi connectivity index (χ1n) is 6.71. The second-order valence-corrected chi connectivity index (χ2v) is 6.14. The zero-order valence-electron chi connectivity index (χ0n) is 12.1. The van der Waals surface area contributed by atoms with Crippen molar-refractivity contribution in [1.29, 1.82) is 0 Å². The minimum atomic E-state index is -0.798. The molecule has 0 atom stereocenters. The van der Waals surface area contributed by atoms with E-state index in [1.807, 2.05) is 0 Å². The van der Waals surface area contributed by atoms with E-state index in [2.05, 4.69) is 33.0 Å². The van der Waals surface area contributed by atoms with Gasteiger partial charge in [0.05, 0.1) is 0 Å². The smallest absolute Gasteiger partial charge is 0.303 e. The van der Waals surface area contributed by atoms with Gasteiger partial charge < -0.3 is 10.4 Å². The van der Waals surface area contributed by atoms with Gasteiger partial charge in [0.1, 0.15) is 0 Å². The summed E-state index contributed by atoms with van der Waals surface area (Å²) in [5, 5.41) is 11.4. The number of amides is 1. The van der Waals surface area contributed by atoms with E-state index >= 15 is 0 Å². The van der Waals surface area contributed by atoms with Crippen LogP contribution < -0.4 is 5.32 Å². The SMILES string of the molecule is CC(C)CC(C)(C)CNC(=O)CCCCC(=O)O. The molecule has 0 bridgehead atoms. The fourth-order valence-electron chi connectivity index (χ4n) is 2.17. The molecule has 0 aliphatic rings. The standard InChI is InChI=1S/C14H27NO3/c1-11(2)9-14(3,4)10-15-12(16)7-5-6-8-13(17)18/h11H,5-10H2,1-4H3,(H,15,16)(H,17,18). The minimum Gasteiger partial charge on any atom is -0.481 e. The summed E-state index contributed by atoms with van der Waals surface area (Å²) in [6.07, 6.45) is 2.85. The maximum absolute atomic E-state index is 11.6. The summed E-state index contributed by atoms with van der Waals surface area (Å²) in [5.74, 6) is -0.154. The Balaban J connectivity index is 3.72. The van der Waals surface area contributed by atoms with Gasteiger partial charge >= 0.3 is 5.97 Å². The van der Waals surface area contributed by atoms with Gasteiger partial charge in [-0.3, -0.25) is 9.59 Å². The predicted octanol–water partition coefficient (Wildman–Crippen LogP) is 2.82. The lowest BCUT2D eigenvalue weighted by Crippen LogP contribution is -2.34. The molecule has 0 radical (unpaired) electrons. The Hall–Kier alpha value is -1.06. The van der Waals surface area contributed by atoms with Crippen molar-refractivity contribution in [2.24, 2.45) is 11.3 Å². The van der Waals surface area contributed by atoms with Gasteiger partial charge in [-0.05, 0) is 30.6 Å². The number of hydrogen-bond acceptors (Lipinski definition) is 2. The van der Waals surface area contributed by atoms with Crippen molar-refractivity contribution in [2.45, 2.75) is 59.8 Å². The van der Waals surface area contributed by atoms with Crippen LogP contribution in [0.3, 0.4) is 0 Å². The number of rotatable bonds is 9. The van der Waals surface area contributed by atoms with E-state index in [9.17, 15) is 9.59 Å². The van der Waals surface area contributed by atoms with E-state index in [4.69, 9.17) is 5.11 Å². The molecule has 0 aliphatic carbocycles. The number of carboxylic acid groups (broad SMARTS) is 1. The number of aliphatic carboxylic acids is 1. The average molecular weight is 257 g/mol. The lowest BCUT2D eigenvalue weighted by atomic mass is 9.84. The van der Waals surface area contributed by atoms with Crippen LogP contribution in [0.1, 0.15) is 59.8 Å². The molecule has 0 fully saturated rings. The van der Waals surface area contributed by atoms with Crippen LogP contribution >= 0.6 is 0 Å². The van der Waals surface area contributed by atoms with Crippen molar-refractivity contribution in [3.8, 4) is 0 Å². The molecule has 18 heavy (non-hydrogen) atoms. The third-order valence-corrected chi connectivity index (χ3v) is 2.77. The van der Waals surface area contributed by atoms with E-state index in [0.29, 0.717) is 31.7 Å². The lowest BCUT2D eigenvalue weighted by molar-refractivity contribution is -0.137. The monoisotopic (exact) mass is 257 g/mol. The molecule has 0 aromatic rings. The van der Waals surface area contributed by atoms with Crippen molar-refractivity contribution >= 4 is 11.9 Å². The predicted molar refractivity (Wildman–Crippen MR) is 72.3 cm³/mol. The first-order valence-corrected chi connectivity index (χ1v) is 6.71. The lowest BCUT2D eigenvalue weighted by Gasteiger charge is -2.26. The van der Waals surface area contributed by atoms with Crippen LogP contribution in [0.2, 0.25) is 0 Å². The van der Waals surface area contributed by atoms with Gasteiger partial charge in [0.25, 0.3) is 0 Å². The van der Waals surface area contributed by atoms with Crippen LogP contribution in [-0.2, 0) is 9.59 Å². The molecule has 0 unspecified atom stereocenters. The molecule has 2 N–H and O–H groups in total. The summed E-state index contributed by atoms with van der Waals surface area (Å²) in [6, 6.07) is 0. The second-order valence-electron chi connectivity index (χ2n) is 6.14. The molecule has 0 rings (SSSR count). The molecule has 0 saturated heterocycles. The van der Waals surface area contributed by atoms with Gasteiger partial charge in [-0.25, -0.2) is 0 Å². The Kier molecular flexibility index (Phi) is 7.64. The van der Waals surface area contributed by atoms with E-state index in [1.165, 1.54) is 0 Å². The molecule has 106 valence electrons. The number of nitrogens with one attached hydrogen (secondary N) is 1. The first-order chi connectivity index (χ1) is 8.23. The molecular weight excluding hydrogens is 230 g/mol. The Morgan fingerprint density at radius 3 is 2.22 bits per heavy atom. The summed E-state index contributed by atoms with van der Waals surface area (Å²) in [5.41, 5.74) is 0.116. The largest absolute Gasteiger partial charge is 0.481 e. The van der Waals surface area contributed by atoms with Crippen LogP contribution in [0.4, 0.5) is 0 Å². The number of carbonyl (C=O) groups is 2. The summed E-state index contributed by atoms with van der Waals surface area (Å²) in [4.78, 5) is 21.9. The number of hydrogen-bond donors (Lipinski definition) is 2. The summed E-state index contributed by atoms with van der Waals surface area (Å²) >= 11 is 0. The molecule has 4 nitrogen and oxygen atoms in total. The normalized spacial score (nSPS) is 11.6. The Labute approximate surface area is 110 Å². The topological polar surface area (TPSA) is 66.4 Å². The fourth-order valence-corrected chi connectivity index (χ4v) is 2.17. The van der Waals surface area contributed by atoms with Crippen LogP contribution in [0.25, 0.3) is 0 Å². The number of carbonyl (C=O) groups excluding carboxylic acids is 1. The third-order valence-electron chi connectivity index (χ3n) is 2.77. The number of carboxylic acids is 1. The van der Waals surface area contributed by atoms with Crippen LogP contribution in [0, 0.1) is 11.3 Å². The van der Waals surface area contributed by atoms with Crippen molar-refractivity contribution in [3.05, 3.63) is 0 Å². The fraction of sp³-hybridized carbons (Fsp3) is 0.857. The minimum absolute atomic E-state index is 0.0252. The molecule has 0 aromatic heterocycles. The zero-order valence-corrected chi connectivity index (χ0v) is 12.1. The first kappa shape index (κ1) is 16.9. The third kappa shape index (κ3) is 10.1. The highest BCUT2D eigenvalue weighted by Gasteiger charge is 2.20. The van der Waals surface area contributed by atoms with E-state index in [0.717, 1.165) is 6.42 Å². The zero-order chi connectivity index (χ0) is 14.2. The van der Waals surface area contributed by atoms with Gasteiger partial charge in [0, 0.05) is 19.4 Å². The van der Waals surface area contributed by atoms with E-state index in [1.54, 1.807) is 0 Å². The van der Waals surface area contributed by atoms with Gasteiger partial charge in [0.2, 0.25) is 5.91 Å². The Morgan fingerprint density at radius 1 is 1.17 bits per heavy atom. The molecule has 0 heterocycles. The van der Waals surface area contributed by atoms with Gasteiger partial charge in [-0.2, -0.15) is 0 Å². The highest BCUT2D eigenvalue weighted by atomic mass is 16.4. The van der Waals surface area contributed by atoms with E-state index in [-0.39, 0.29) is 17.7 Å². The quantitative estimate of drug-likeness (QED) is 0.624. The van der Waals surface area contributed by atoms with Crippen molar-refractivity contribution in [3.63, 3.8) is 0 Å². The van der Waals surface area contributed by atoms with Crippen LogP contribution in [0.15, 0.2) is 0 Å². The van der Waals surface area contributed by atoms with E-state index < -0.39 is 5.97 Å². The highest BCUT2D eigenvalue weighted by Crippen LogP contribution is 2.24. The average Bonchev–Trinajstić information content (AvgIpc) is 2.19. The molecule has 0 spiro atoms. The van der Waals surface area contributed by atoms with Gasteiger partial charge in [-0.1, -0.05) is 27.7 Å². The summed E-state index contributed by atoms with van der Waals surface area (Å²) in [7, 11) is 0. The molecule has 0 aromatic carbocycles. The van der Waals surface area contributed by atoms with Crippen LogP contribution in [0.5, 0.6) is 0 Å². The Morgan fingerprint density at radius 2 is 1.72 bits per heavy atom. The van der Waals surface area contributed by atoms with Gasteiger partial charge in [-0.15, -0.1) is 0 Å². The maximum Gasteiger partial charge on any atom is 0.303 e. The van der Waals surface area contributed by atoms with Crippen molar-refractivity contribution in [2.75, 3.05) is 6.54 Å². The summed E-state index contributed by atoms with van der Waals surface area (Å²) in [6.45, 7) is 9.34. The van der Waals surface area contributed by atoms with Crippen molar-refractivity contribution < 1.29 is 14.7 Å². The molecule has 1 amide bonds. The molecule has 4 heteroatoms. The second kappa shape index (κ2) is 8.11. The molecule has 0 aliphatic heterocycles.